The zero-order valence-electron chi connectivity index (χ0n) is 11.3. The molecule has 1 saturated carbocycles. The van der Waals surface area contributed by atoms with Crippen molar-refractivity contribution in [1.82, 2.24) is 0 Å². The van der Waals surface area contributed by atoms with Gasteiger partial charge in [0.15, 0.2) is 0 Å². The third kappa shape index (κ3) is 2.96. The van der Waals surface area contributed by atoms with Crippen LogP contribution in [0.4, 0.5) is 0 Å². The topological polar surface area (TPSA) is 35.2 Å². The minimum absolute atomic E-state index is 0.189. The van der Waals surface area contributed by atoms with E-state index < -0.39 is 0 Å². The second-order valence-electron chi connectivity index (χ2n) is 6.14. The van der Waals surface area contributed by atoms with Crippen molar-refractivity contribution in [1.29, 1.82) is 0 Å². The van der Waals surface area contributed by atoms with Crippen molar-refractivity contribution in [2.45, 2.75) is 50.2 Å². The molecule has 3 heteroatoms. The lowest BCUT2D eigenvalue weighted by atomic mass is 9.70. The van der Waals surface area contributed by atoms with Crippen molar-refractivity contribution >= 4 is 11.6 Å². The van der Waals surface area contributed by atoms with Crippen LogP contribution in [0.2, 0.25) is 5.02 Å². The SMILES string of the molecule is NC(Cc1cccc(Cl)c1)C1CCOC2(CCC2)C1. The van der Waals surface area contributed by atoms with Gasteiger partial charge in [0.1, 0.15) is 0 Å². The van der Waals surface area contributed by atoms with E-state index >= 15 is 0 Å². The molecule has 1 heterocycles. The van der Waals surface area contributed by atoms with E-state index in [1.54, 1.807) is 0 Å². The molecule has 2 fully saturated rings. The van der Waals surface area contributed by atoms with Crippen LogP contribution in [0.5, 0.6) is 0 Å². The summed E-state index contributed by atoms with van der Waals surface area (Å²) in [5.74, 6) is 0.591. The first kappa shape index (κ1) is 13.4. The van der Waals surface area contributed by atoms with Gasteiger partial charge in [0.05, 0.1) is 5.60 Å². The van der Waals surface area contributed by atoms with E-state index in [9.17, 15) is 0 Å². The average Bonchev–Trinajstić information content (AvgIpc) is 2.37. The normalized spacial score (nSPS) is 26.9. The molecule has 3 rings (SSSR count). The molecule has 2 aliphatic rings. The molecule has 0 bridgehead atoms. The zero-order chi connectivity index (χ0) is 13.3. The lowest BCUT2D eigenvalue weighted by Crippen LogP contribution is -2.49. The number of nitrogens with two attached hydrogens (primary N) is 1. The number of ether oxygens (including phenoxy) is 1. The summed E-state index contributed by atoms with van der Waals surface area (Å²) in [5.41, 5.74) is 7.87. The molecule has 104 valence electrons. The van der Waals surface area contributed by atoms with E-state index in [0.717, 1.165) is 30.9 Å². The lowest BCUT2D eigenvalue weighted by molar-refractivity contribution is -0.145. The van der Waals surface area contributed by atoms with E-state index in [0.29, 0.717) is 5.92 Å². The summed E-state index contributed by atoms with van der Waals surface area (Å²) in [5, 5.41) is 0.798. The quantitative estimate of drug-likeness (QED) is 0.918. The third-order valence-electron chi connectivity index (χ3n) is 4.76. The fourth-order valence-electron chi connectivity index (χ4n) is 3.45. The molecule has 1 aliphatic heterocycles. The van der Waals surface area contributed by atoms with E-state index in [2.05, 4.69) is 6.07 Å². The Morgan fingerprint density at radius 2 is 2.26 bits per heavy atom. The maximum atomic E-state index is 6.43. The van der Waals surface area contributed by atoms with Crippen molar-refractivity contribution in [3.63, 3.8) is 0 Å². The van der Waals surface area contributed by atoms with Crippen molar-refractivity contribution in [2.24, 2.45) is 11.7 Å². The summed E-state index contributed by atoms with van der Waals surface area (Å²) < 4.78 is 5.97. The molecular formula is C16H22ClNO. The summed E-state index contributed by atoms with van der Waals surface area (Å²) in [4.78, 5) is 0. The Bertz CT molecular complexity index is 444. The Balaban J connectivity index is 1.62. The van der Waals surface area contributed by atoms with Gasteiger partial charge in [-0.2, -0.15) is 0 Å². The van der Waals surface area contributed by atoms with Gasteiger partial charge in [-0.25, -0.2) is 0 Å². The minimum atomic E-state index is 0.189. The van der Waals surface area contributed by atoms with E-state index in [-0.39, 0.29) is 11.6 Å². The zero-order valence-corrected chi connectivity index (χ0v) is 12.0. The summed E-state index contributed by atoms with van der Waals surface area (Å²) >= 11 is 6.03. The standard InChI is InChI=1S/C16H22ClNO/c17-14-4-1-3-12(9-14)10-15(18)13-5-8-19-16(11-13)6-2-7-16/h1,3-4,9,13,15H,2,5-8,10-11,18H2. The molecule has 0 amide bonds. The Labute approximate surface area is 120 Å². The molecule has 2 unspecified atom stereocenters. The molecule has 1 saturated heterocycles. The Morgan fingerprint density at radius 1 is 1.42 bits per heavy atom. The van der Waals surface area contributed by atoms with Crippen LogP contribution in [0.15, 0.2) is 24.3 Å². The Morgan fingerprint density at radius 3 is 2.95 bits per heavy atom. The highest BCUT2D eigenvalue weighted by atomic mass is 35.5. The lowest BCUT2D eigenvalue weighted by Gasteiger charge is -2.48. The average molecular weight is 280 g/mol. The molecule has 2 N–H and O–H groups in total. The van der Waals surface area contributed by atoms with Gasteiger partial charge in [0.25, 0.3) is 0 Å². The van der Waals surface area contributed by atoms with Crippen LogP contribution < -0.4 is 5.73 Å². The Kier molecular flexibility index (Phi) is 3.84. The van der Waals surface area contributed by atoms with E-state index in [1.165, 1.54) is 24.8 Å². The fourth-order valence-corrected chi connectivity index (χ4v) is 3.67. The molecule has 2 atom stereocenters. The smallest absolute Gasteiger partial charge is 0.0685 e. The molecular weight excluding hydrogens is 258 g/mol. The molecule has 0 radical (unpaired) electrons. The van der Waals surface area contributed by atoms with Crippen molar-refractivity contribution < 1.29 is 4.74 Å². The molecule has 2 nitrogen and oxygen atoms in total. The van der Waals surface area contributed by atoms with Crippen LogP contribution in [0.1, 0.15) is 37.7 Å². The second kappa shape index (κ2) is 5.43. The van der Waals surface area contributed by atoms with Crippen LogP contribution in [0.25, 0.3) is 0 Å². The predicted molar refractivity (Wildman–Crippen MR) is 78.4 cm³/mol. The number of rotatable bonds is 3. The maximum absolute atomic E-state index is 6.43. The highest BCUT2D eigenvalue weighted by Gasteiger charge is 2.43. The highest BCUT2D eigenvalue weighted by molar-refractivity contribution is 6.30. The van der Waals surface area contributed by atoms with Crippen LogP contribution >= 0.6 is 11.6 Å². The summed E-state index contributed by atoms with van der Waals surface area (Å²) in [6.45, 7) is 0.883. The minimum Gasteiger partial charge on any atom is -0.375 e. The van der Waals surface area contributed by atoms with Gasteiger partial charge in [-0.1, -0.05) is 23.7 Å². The molecule has 1 aromatic carbocycles. The van der Waals surface area contributed by atoms with Gasteiger partial charge >= 0.3 is 0 Å². The number of halogens is 1. The monoisotopic (exact) mass is 279 g/mol. The predicted octanol–water partition coefficient (Wildman–Crippen LogP) is 3.56. The van der Waals surface area contributed by atoms with Gasteiger partial charge in [-0.15, -0.1) is 0 Å². The van der Waals surface area contributed by atoms with Crippen molar-refractivity contribution in [2.75, 3.05) is 6.61 Å². The number of benzene rings is 1. The van der Waals surface area contributed by atoms with Crippen LogP contribution in [-0.4, -0.2) is 18.2 Å². The summed E-state index contributed by atoms with van der Waals surface area (Å²) in [6.07, 6.45) is 6.94. The first-order valence-corrected chi connectivity index (χ1v) is 7.69. The van der Waals surface area contributed by atoms with E-state index in [1.807, 2.05) is 18.2 Å². The second-order valence-corrected chi connectivity index (χ2v) is 6.57. The van der Waals surface area contributed by atoms with Gasteiger partial charge in [-0.3, -0.25) is 0 Å². The largest absolute Gasteiger partial charge is 0.375 e. The summed E-state index contributed by atoms with van der Waals surface area (Å²) in [6, 6.07) is 8.28. The van der Waals surface area contributed by atoms with Gasteiger partial charge in [0, 0.05) is 17.7 Å². The third-order valence-corrected chi connectivity index (χ3v) is 5.00. The van der Waals surface area contributed by atoms with Crippen molar-refractivity contribution in [3.8, 4) is 0 Å². The van der Waals surface area contributed by atoms with Crippen LogP contribution in [0.3, 0.4) is 0 Å². The fraction of sp³-hybridized carbons (Fsp3) is 0.625. The number of hydrogen-bond acceptors (Lipinski definition) is 2. The number of hydrogen-bond donors (Lipinski definition) is 1. The highest BCUT2D eigenvalue weighted by Crippen LogP contribution is 2.45. The van der Waals surface area contributed by atoms with Crippen molar-refractivity contribution in [3.05, 3.63) is 34.9 Å². The molecule has 1 spiro atoms. The maximum Gasteiger partial charge on any atom is 0.0685 e. The van der Waals surface area contributed by atoms with Crippen LogP contribution in [-0.2, 0) is 11.2 Å². The molecule has 19 heavy (non-hydrogen) atoms. The van der Waals surface area contributed by atoms with Gasteiger partial charge < -0.3 is 10.5 Å². The van der Waals surface area contributed by atoms with Crippen LogP contribution in [0, 0.1) is 5.92 Å². The first-order valence-electron chi connectivity index (χ1n) is 7.31. The van der Waals surface area contributed by atoms with E-state index in [4.69, 9.17) is 22.1 Å². The molecule has 1 aromatic rings. The molecule has 1 aliphatic carbocycles. The van der Waals surface area contributed by atoms with Gasteiger partial charge in [-0.05, 0) is 62.1 Å². The Hall–Kier alpha value is -0.570. The molecule has 0 aromatic heterocycles. The van der Waals surface area contributed by atoms with Gasteiger partial charge in [0.2, 0.25) is 0 Å². The first-order chi connectivity index (χ1) is 9.17. The summed E-state index contributed by atoms with van der Waals surface area (Å²) in [7, 11) is 0.